The van der Waals surface area contributed by atoms with E-state index in [4.69, 9.17) is 9.47 Å². The summed E-state index contributed by atoms with van der Waals surface area (Å²) in [6, 6.07) is 5.97. The summed E-state index contributed by atoms with van der Waals surface area (Å²) in [6.45, 7) is 8.41. The zero-order valence-corrected chi connectivity index (χ0v) is 13.4. The number of likely N-dealkylation sites (N-methyl/N-ethyl adjacent to an activating group) is 1. The first-order valence-electron chi connectivity index (χ1n) is 7.17. The number of nitrogens with zero attached hydrogens (tertiary/aromatic N) is 1. The molecule has 1 aromatic rings. The summed E-state index contributed by atoms with van der Waals surface area (Å²) in [5.41, 5.74) is 1.18. The summed E-state index contributed by atoms with van der Waals surface area (Å²) in [5.74, 6) is 2.40. The minimum atomic E-state index is 0.696. The molecule has 0 aliphatic rings. The molecular weight excluding hydrogens is 252 g/mol. The lowest BCUT2D eigenvalue weighted by molar-refractivity contribution is 0.312. The van der Waals surface area contributed by atoms with Gasteiger partial charge in [0.1, 0.15) is 11.5 Å². The second-order valence-corrected chi connectivity index (χ2v) is 5.51. The fourth-order valence-corrected chi connectivity index (χ4v) is 2.01. The predicted octanol–water partition coefficient (Wildman–Crippen LogP) is 2.38. The molecule has 0 saturated carbocycles. The van der Waals surface area contributed by atoms with E-state index in [1.54, 1.807) is 14.2 Å². The van der Waals surface area contributed by atoms with Gasteiger partial charge in [-0.05, 0) is 25.6 Å². The van der Waals surface area contributed by atoms with E-state index in [1.807, 2.05) is 12.1 Å². The average Bonchev–Trinajstić information content (AvgIpc) is 2.43. The Balaban J connectivity index is 2.46. The second kappa shape index (κ2) is 8.82. The van der Waals surface area contributed by atoms with Gasteiger partial charge in [-0.1, -0.05) is 19.9 Å². The third-order valence-corrected chi connectivity index (χ3v) is 3.16. The molecule has 0 atom stereocenters. The summed E-state index contributed by atoms with van der Waals surface area (Å²) in [5, 5.41) is 3.46. The van der Waals surface area contributed by atoms with Gasteiger partial charge < -0.3 is 19.7 Å². The smallest absolute Gasteiger partial charge is 0.127 e. The summed E-state index contributed by atoms with van der Waals surface area (Å²) in [4.78, 5) is 2.29. The molecule has 1 rings (SSSR count). The highest BCUT2D eigenvalue weighted by Crippen LogP contribution is 2.25. The molecule has 0 fully saturated rings. The number of ether oxygens (including phenoxy) is 2. The van der Waals surface area contributed by atoms with Gasteiger partial charge in [-0.15, -0.1) is 0 Å². The number of nitrogens with one attached hydrogen (secondary N) is 1. The third-order valence-electron chi connectivity index (χ3n) is 3.16. The number of hydrogen-bond acceptors (Lipinski definition) is 4. The van der Waals surface area contributed by atoms with Crippen molar-refractivity contribution >= 4 is 0 Å². The van der Waals surface area contributed by atoms with Crippen LogP contribution in [0.5, 0.6) is 11.5 Å². The third kappa shape index (κ3) is 5.80. The monoisotopic (exact) mass is 280 g/mol. The van der Waals surface area contributed by atoms with Gasteiger partial charge in [-0.3, -0.25) is 0 Å². The Morgan fingerprint density at radius 2 is 1.95 bits per heavy atom. The van der Waals surface area contributed by atoms with Crippen LogP contribution in [0, 0.1) is 5.92 Å². The lowest BCUT2D eigenvalue weighted by Crippen LogP contribution is -2.30. The normalized spacial score (nSPS) is 11.2. The highest BCUT2D eigenvalue weighted by atomic mass is 16.5. The van der Waals surface area contributed by atoms with E-state index in [1.165, 1.54) is 5.56 Å². The maximum absolute atomic E-state index is 5.42. The topological polar surface area (TPSA) is 33.7 Å². The first-order chi connectivity index (χ1) is 9.56. The molecule has 0 aromatic heterocycles. The van der Waals surface area contributed by atoms with Crippen LogP contribution in [0.25, 0.3) is 0 Å². The molecule has 114 valence electrons. The van der Waals surface area contributed by atoms with Crippen LogP contribution in [0.4, 0.5) is 0 Å². The van der Waals surface area contributed by atoms with E-state index < -0.39 is 0 Å². The number of rotatable bonds is 9. The molecule has 0 aliphatic carbocycles. The molecule has 20 heavy (non-hydrogen) atoms. The maximum atomic E-state index is 5.42. The molecule has 1 N–H and O–H groups in total. The summed E-state index contributed by atoms with van der Waals surface area (Å²) in [7, 11) is 5.49. The highest BCUT2D eigenvalue weighted by Gasteiger charge is 2.07. The van der Waals surface area contributed by atoms with Crippen LogP contribution in [-0.4, -0.2) is 45.8 Å². The molecule has 0 aliphatic heterocycles. The van der Waals surface area contributed by atoms with Crippen molar-refractivity contribution in [2.75, 3.05) is 40.9 Å². The fraction of sp³-hybridized carbons (Fsp3) is 0.625. The van der Waals surface area contributed by atoms with Crippen molar-refractivity contribution < 1.29 is 9.47 Å². The van der Waals surface area contributed by atoms with Crippen LogP contribution >= 0.6 is 0 Å². The van der Waals surface area contributed by atoms with Crippen molar-refractivity contribution in [3.05, 3.63) is 23.8 Å². The summed E-state index contributed by atoms with van der Waals surface area (Å²) >= 11 is 0. The van der Waals surface area contributed by atoms with E-state index in [2.05, 4.69) is 37.2 Å². The fourth-order valence-electron chi connectivity index (χ4n) is 2.01. The van der Waals surface area contributed by atoms with Gasteiger partial charge in [0.05, 0.1) is 14.2 Å². The van der Waals surface area contributed by atoms with Crippen molar-refractivity contribution in [2.24, 2.45) is 5.92 Å². The van der Waals surface area contributed by atoms with Crippen molar-refractivity contribution in [1.82, 2.24) is 10.2 Å². The SMILES string of the molecule is COc1ccc(CN(C)CCNCC(C)C)c(OC)c1. The van der Waals surface area contributed by atoms with E-state index in [0.29, 0.717) is 5.92 Å². The van der Waals surface area contributed by atoms with E-state index >= 15 is 0 Å². The quantitative estimate of drug-likeness (QED) is 0.704. The largest absolute Gasteiger partial charge is 0.497 e. The predicted molar refractivity (Wildman–Crippen MR) is 83.6 cm³/mol. The molecule has 1 aromatic carbocycles. The van der Waals surface area contributed by atoms with Crippen LogP contribution in [0.3, 0.4) is 0 Å². The van der Waals surface area contributed by atoms with Crippen molar-refractivity contribution in [3.63, 3.8) is 0 Å². The highest BCUT2D eigenvalue weighted by molar-refractivity contribution is 5.40. The van der Waals surface area contributed by atoms with E-state index in [-0.39, 0.29) is 0 Å². The Hall–Kier alpha value is -1.26. The van der Waals surface area contributed by atoms with Crippen LogP contribution in [0.2, 0.25) is 0 Å². The summed E-state index contributed by atoms with van der Waals surface area (Å²) in [6.07, 6.45) is 0. The Bertz CT molecular complexity index is 394. The van der Waals surface area contributed by atoms with Crippen LogP contribution in [0.15, 0.2) is 18.2 Å². The van der Waals surface area contributed by atoms with Crippen LogP contribution < -0.4 is 14.8 Å². The number of benzene rings is 1. The van der Waals surface area contributed by atoms with Gasteiger partial charge >= 0.3 is 0 Å². The van der Waals surface area contributed by atoms with Gasteiger partial charge in [0, 0.05) is 31.3 Å². The van der Waals surface area contributed by atoms with E-state index in [9.17, 15) is 0 Å². The number of methoxy groups -OCH3 is 2. The Labute approximate surface area is 123 Å². The first-order valence-corrected chi connectivity index (χ1v) is 7.17. The number of hydrogen-bond donors (Lipinski definition) is 1. The molecule has 4 nitrogen and oxygen atoms in total. The zero-order chi connectivity index (χ0) is 15.0. The molecule has 0 radical (unpaired) electrons. The lowest BCUT2D eigenvalue weighted by atomic mass is 10.2. The van der Waals surface area contributed by atoms with Crippen LogP contribution in [0.1, 0.15) is 19.4 Å². The minimum Gasteiger partial charge on any atom is -0.497 e. The van der Waals surface area contributed by atoms with Crippen molar-refractivity contribution in [1.29, 1.82) is 0 Å². The zero-order valence-electron chi connectivity index (χ0n) is 13.4. The Kier molecular flexibility index (Phi) is 7.41. The molecule has 0 unspecified atom stereocenters. The van der Waals surface area contributed by atoms with Crippen LogP contribution in [-0.2, 0) is 6.54 Å². The second-order valence-electron chi connectivity index (χ2n) is 5.51. The average molecular weight is 280 g/mol. The Morgan fingerprint density at radius 1 is 1.20 bits per heavy atom. The molecule has 0 bridgehead atoms. The summed E-state index contributed by atoms with van der Waals surface area (Å²) < 4.78 is 10.6. The molecule has 0 amide bonds. The standard InChI is InChI=1S/C16H28N2O2/c1-13(2)11-17-8-9-18(3)12-14-6-7-15(19-4)10-16(14)20-5/h6-7,10,13,17H,8-9,11-12H2,1-5H3. The van der Waals surface area contributed by atoms with Gasteiger partial charge in [-0.25, -0.2) is 0 Å². The molecule has 0 heterocycles. The van der Waals surface area contributed by atoms with Crippen molar-refractivity contribution in [3.8, 4) is 11.5 Å². The molecular formula is C16H28N2O2. The van der Waals surface area contributed by atoms with Gasteiger partial charge in [0.2, 0.25) is 0 Å². The van der Waals surface area contributed by atoms with Crippen molar-refractivity contribution in [2.45, 2.75) is 20.4 Å². The van der Waals surface area contributed by atoms with E-state index in [0.717, 1.165) is 37.7 Å². The Morgan fingerprint density at radius 3 is 2.55 bits per heavy atom. The minimum absolute atomic E-state index is 0.696. The first kappa shape index (κ1) is 16.8. The van der Waals surface area contributed by atoms with Gasteiger partial charge in [-0.2, -0.15) is 0 Å². The molecule has 0 spiro atoms. The van der Waals surface area contributed by atoms with Gasteiger partial charge in [0.25, 0.3) is 0 Å². The van der Waals surface area contributed by atoms with Gasteiger partial charge in [0.15, 0.2) is 0 Å². The maximum Gasteiger partial charge on any atom is 0.127 e. The molecule has 0 saturated heterocycles. The molecule has 4 heteroatoms. The lowest BCUT2D eigenvalue weighted by Gasteiger charge is -2.19.